The molecule has 138 valence electrons. The van der Waals surface area contributed by atoms with Gasteiger partial charge in [0, 0.05) is 12.6 Å². The number of nitrogens with one attached hydrogen (secondary N) is 2. The highest BCUT2D eigenvalue weighted by Crippen LogP contribution is 2.38. The van der Waals surface area contributed by atoms with Crippen molar-refractivity contribution in [1.82, 2.24) is 10.6 Å². The fraction of sp³-hybridized carbons (Fsp3) is 0.650. The molecule has 1 aromatic carbocycles. The Morgan fingerprint density at radius 3 is 2.72 bits per heavy atom. The average Bonchev–Trinajstić information content (AvgIpc) is 3.40. The van der Waals surface area contributed by atoms with Crippen LogP contribution >= 0.6 is 0 Å². The van der Waals surface area contributed by atoms with E-state index in [1.165, 1.54) is 12.8 Å². The van der Waals surface area contributed by atoms with Crippen molar-refractivity contribution < 1.29 is 14.3 Å². The third-order valence-electron chi connectivity index (χ3n) is 4.82. The molecule has 1 saturated heterocycles. The number of rotatable bonds is 7. The van der Waals surface area contributed by atoms with Gasteiger partial charge in [0.05, 0.1) is 24.9 Å². The van der Waals surface area contributed by atoms with E-state index >= 15 is 0 Å². The van der Waals surface area contributed by atoms with Gasteiger partial charge in [0.1, 0.15) is 0 Å². The Bertz CT molecular complexity index is 557. The van der Waals surface area contributed by atoms with Gasteiger partial charge in [-0.3, -0.25) is 0 Å². The third-order valence-corrected chi connectivity index (χ3v) is 4.82. The molecule has 0 aromatic heterocycles. The van der Waals surface area contributed by atoms with Crippen molar-refractivity contribution in [1.29, 1.82) is 0 Å². The van der Waals surface area contributed by atoms with E-state index in [-0.39, 0.29) is 12.1 Å². The van der Waals surface area contributed by atoms with Gasteiger partial charge in [-0.2, -0.15) is 0 Å². The Morgan fingerprint density at radius 2 is 2.00 bits per heavy atom. The van der Waals surface area contributed by atoms with Crippen LogP contribution in [0.4, 0.5) is 4.79 Å². The second kappa shape index (κ2) is 8.19. The number of hydrogen-bond donors (Lipinski definition) is 2. The summed E-state index contributed by atoms with van der Waals surface area (Å²) in [6.45, 7) is 5.73. The summed E-state index contributed by atoms with van der Waals surface area (Å²) in [6.07, 6.45) is 4.70. The number of amides is 2. The summed E-state index contributed by atoms with van der Waals surface area (Å²) < 4.78 is 11.6. The van der Waals surface area contributed by atoms with Crippen molar-refractivity contribution in [3.63, 3.8) is 0 Å². The lowest BCUT2D eigenvalue weighted by atomic mass is 10.00. The van der Waals surface area contributed by atoms with E-state index in [1.54, 1.807) is 0 Å². The molecule has 2 atom stereocenters. The van der Waals surface area contributed by atoms with E-state index in [0.717, 1.165) is 30.9 Å². The van der Waals surface area contributed by atoms with Crippen LogP contribution in [0.2, 0.25) is 0 Å². The van der Waals surface area contributed by atoms with Crippen LogP contribution in [-0.4, -0.2) is 36.9 Å². The number of ether oxygens (including phenoxy) is 2. The van der Waals surface area contributed by atoms with Crippen molar-refractivity contribution >= 4 is 6.03 Å². The topological polar surface area (TPSA) is 59.6 Å². The molecule has 2 aliphatic rings. The zero-order chi connectivity index (χ0) is 17.7. The van der Waals surface area contributed by atoms with E-state index in [9.17, 15) is 4.79 Å². The van der Waals surface area contributed by atoms with Gasteiger partial charge >= 0.3 is 6.03 Å². The van der Waals surface area contributed by atoms with Crippen LogP contribution in [0.15, 0.2) is 30.3 Å². The van der Waals surface area contributed by atoms with Gasteiger partial charge in [-0.1, -0.05) is 30.3 Å². The lowest BCUT2D eigenvalue weighted by Gasteiger charge is -2.32. The van der Waals surface area contributed by atoms with Gasteiger partial charge in [0.25, 0.3) is 0 Å². The summed E-state index contributed by atoms with van der Waals surface area (Å²) in [5, 5.41) is 6.14. The van der Waals surface area contributed by atoms with Crippen LogP contribution in [-0.2, 0) is 16.1 Å². The highest BCUT2D eigenvalue weighted by Gasteiger charge is 2.36. The van der Waals surface area contributed by atoms with Gasteiger partial charge in [0.15, 0.2) is 0 Å². The predicted molar refractivity (Wildman–Crippen MR) is 97.3 cm³/mol. The molecule has 1 aromatic rings. The van der Waals surface area contributed by atoms with Crippen molar-refractivity contribution in [2.24, 2.45) is 5.92 Å². The minimum atomic E-state index is -0.417. The molecule has 0 bridgehead atoms. The van der Waals surface area contributed by atoms with Crippen molar-refractivity contribution in [2.45, 2.75) is 63.8 Å². The molecule has 1 aliphatic carbocycles. The monoisotopic (exact) mass is 346 g/mol. The van der Waals surface area contributed by atoms with Crippen LogP contribution in [0.5, 0.6) is 0 Å². The summed E-state index contributed by atoms with van der Waals surface area (Å²) in [4.78, 5) is 12.3. The lowest BCUT2D eigenvalue weighted by Crippen LogP contribution is -2.54. The van der Waals surface area contributed by atoms with Crippen LogP contribution in [0, 0.1) is 5.92 Å². The van der Waals surface area contributed by atoms with Crippen molar-refractivity contribution in [3.05, 3.63) is 35.9 Å². The Hall–Kier alpha value is -1.59. The molecule has 3 rings (SSSR count). The molecule has 1 saturated carbocycles. The van der Waals surface area contributed by atoms with Crippen LogP contribution < -0.4 is 10.6 Å². The number of benzene rings is 1. The SMILES string of the molecule is CC(C)(COCc1ccccc1)NC(=O)NC1CCOC(C2CC2)C1. The molecular formula is C20H30N2O3. The molecule has 1 aliphatic heterocycles. The first-order valence-corrected chi connectivity index (χ1v) is 9.34. The number of urea groups is 1. The standard InChI is InChI=1S/C20H30N2O3/c1-20(2,14-24-13-15-6-4-3-5-7-15)22-19(23)21-17-10-11-25-18(12-17)16-8-9-16/h3-7,16-18H,8-14H2,1-2H3,(H2,21,22,23). The van der Waals surface area contributed by atoms with Gasteiger partial charge in [-0.25, -0.2) is 4.79 Å². The Labute approximate surface area is 150 Å². The molecule has 2 unspecified atom stereocenters. The van der Waals surface area contributed by atoms with E-state index in [1.807, 2.05) is 44.2 Å². The maximum atomic E-state index is 12.3. The van der Waals surface area contributed by atoms with E-state index in [2.05, 4.69) is 10.6 Å². The molecule has 2 amide bonds. The quantitative estimate of drug-likeness (QED) is 0.797. The molecule has 0 radical (unpaired) electrons. The summed E-state index contributed by atoms with van der Waals surface area (Å²) in [5.41, 5.74) is 0.719. The normalized spacial score (nSPS) is 23.9. The average molecular weight is 346 g/mol. The summed E-state index contributed by atoms with van der Waals surface area (Å²) in [5.74, 6) is 0.718. The molecule has 5 nitrogen and oxygen atoms in total. The van der Waals surface area contributed by atoms with Gasteiger partial charge in [0.2, 0.25) is 0 Å². The van der Waals surface area contributed by atoms with E-state index in [4.69, 9.17) is 9.47 Å². The van der Waals surface area contributed by atoms with E-state index < -0.39 is 5.54 Å². The summed E-state index contributed by atoms with van der Waals surface area (Å²) in [7, 11) is 0. The summed E-state index contributed by atoms with van der Waals surface area (Å²) in [6, 6.07) is 10.2. The van der Waals surface area contributed by atoms with E-state index in [0.29, 0.717) is 19.3 Å². The highest BCUT2D eigenvalue weighted by atomic mass is 16.5. The Kier molecular flexibility index (Phi) is 5.97. The minimum Gasteiger partial charge on any atom is -0.378 e. The molecule has 0 spiro atoms. The number of carbonyl (C=O) groups is 1. The molecule has 25 heavy (non-hydrogen) atoms. The van der Waals surface area contributed by atoms with Crippen molar-refractivity contribution in [3.8, 4) is 0 Å². The van der Waals surface area contributed by atoms with Crippen molar-refractivity contribution in [2.75, 3.05) is 13.2 Å². The number of carbonyl (C=O) groups excluding carboxylic acids is 1. The second-order valence-electron chi connectivity index (χ2n) is 7.93. The highest BCUT2D eigenvalue weighted by molar-refractivity contribution is 5.75. The molecule has 5 heteroatoms. The molecule has 2 fully saturated rings. The maximum absolute atomic E-state index is 12.3. The predicted octanol–water partition coefficient (Wildman–Crippen LogP) is 3.24. The zero-order valence-corrected chi connectivity index (χ0v) is 15.3. The number of hydrogen-bond acceptors (Lipinski definition) is 3. The molecular weight excluding hydrogens is 316 g/mol. The lowest BCUT2D eigenvalue weighted by molar-refractivity contribution is -0.00941. The Balaban J connectivity index is 1.38. The second-order valence-corrected chi connectivity index (χ2v) is 7.93. The van der Waals surface area contributed by atoms with Crippen LogP contribution in [0.3, 0.4) is 0 Å². The van der Waals surface area contributed by atoms with Gasteiger partial charge in [-0.15, -0.1) is 0 Å². The largest absolute Gasteiger partial charge is 0.378 e. The third kappa shape index (κ3) is 6.01. The van der Waals surface area contributed by atoms with Crippen LogP contribution in [0.25, 0.3) is 0 Å². The first-order chi connectivity index (χ1) is 12.0. The zero-order valence-electron chi connectivity index (χ0n) is 15.3. The molecule has 2 N–H and O–H groups in total. The fourth-order valence-corrected chi connectivity index (χ4v) is 3.32. The first-order valence-electron chi connectivity index (χ1n) is 9.34. The summed E-state index contributed by atoms with van der Waals surface area (Å²) >= 11 is 0. The first kappa shape index (κ1) is 18.2. The maximum Gasteiger partial charge on any atom is 0.315 e. The van der Waals surface area contributed by atoms with Gasteiger partial charge in [-0.05, 0) is 51.0 Å². The Morgan fingerprint density at radius 1 is 1.24 bits per heavy atom. The minimum absolute atomic E-state index is 0.116. The smallest absolute Gasteiger partial charge is 0.315 e. The fourth-order valence-electron chi connectivity index (χ4n) is 3.32. The van der Waals surface area contributed by atoms with Crippen LogP contribution in [0.1, 0.15) is 45.1 Å². The van der Waals surface area contributed by atoms with Gasteiger partial charge < -0.3 is 20.1 Å². The molecule has 1 heterocycles.